The van der Waals surface area contributed by atoms with Gasteiger partial charge in [-0.2, -0.15) is 0 Å². The van der Waals surface area contributed by atoms with Crippen molar-refractivity contribution in [2.24, 2.45) is 5.73 Å². The number of anilines is 1. The molecule has 10 heteroatoms. The molecule has 0 atom stereocenters. The molecule has 218 valence electrons. The van der Waals surface area contributed by atoms with Crippen molar-refractivity contribution in [1.82, 2.24) is 10.3 Å². The van der Waals surface area contributed by atoms with Crippen molar-refractivity contribution >= 4 is 54.1 Å². The average Bonchev–Trinajstić information content (AvgIpc) is 3.60. The van der Waals surface area contributed by atoms with Crippen LogP contribution in [0.4, 0.5) is 5.69 Å². The molecular weight excluding hydrogens is 581 g/mol. The zero-order valence-electron chi connectivity index (χ0n) is 24.1. The second kappa shape index (κ2) is 11.0. The number of amides is 1. The minimum atomic E-state index is -3.63. The van der Waals surface area contributed by atoms with Crippen molar-refractivity contribution in [3.8, 4) is 33.0 Å². The fourth-order valence-electron chi connectivity index (χ4n) is 5.10. The predicted octanol–water partition coefficient (Wildman–Crippen LogP) is 6.57. The number of benzene rings is 4. The van der Waals surface area contributed by atoms with Crippen LogP contribution in [-0.4, -0.2) is 39.7 Å². The van der Waals surface area contributed by atoms with E-state index < -0.39 is 10.0 Å². The normalized spacial score (nSPS) is 11.7. The van der Waals surface area contributed by atoms with Crippen molar-refractivity contribution in [1.29, 1.82) is 0 Å². The van der Waals surface area contributed by atoms with Crippen LogP contribution in [0.2, 0.25) is 0 Å². The van der Waals surface area contributed by atoms with Gasteiger partial charge in [0.15, 0.2) is 0 Å². The Bertz CT molecular complexity index is 2130. The van der Waals surface area contributed by atoms with E-state index in [1.807, 2.05) is 73.7 Å². The summed E-state index contributed by atoms with van der Waals surface area (Å²) in [7, 11) is -0.547. The Morgan fingerprint density at radius 1 is 1.00 bits per heavy atom. The number of sulfonamides is 1. The third kappa shape index (κ3) is 5.29. The van der Waals surface area contributed by atoms with Crippen LogP contribution >= 0.6 is 11.3 Å². The quantitative estimate of drug-likeness (QED) is 0.211. The molecule has 0 aliphatic rings. The smallest absolute Gasteiger partial charge is 0.255 e. The number of aromatic nitrogens is 1. The first-order valence-electron chi connectivity index (χ1n) is 13.6. The first-order chi connectivity index (χ1) is 20.6. The van der Waals surface area contributed by atoms with Crippen LogP contribution in [0.5, 0.6) is 0 Å². The minimum Gasteiger partial charge on any atom is -0.455 e. The third-order valence-electron chi connectivity index (χ3n) is 7.52. The molecule has 6 aromatic rings. The zero-order chi connectivity index (χ0) is 30.5. The number of thiazole rings is 1. The minimum absolute atomic E-state index is 0.301. The van der Waals surface area contributed by atoms with Crippen LogP contribution in [0, 0.1) is 6.92 Å². The molecule has 0 fully saturated rings. The molecule has 2 aromatic heterocycles. The van der Waals surface area contributed by atoms with E-state index >= 15 is 0 Å². The van der Waals surface area contributed by atoms with E-state index in [1.165, 1.54) is 11.4 Å². The molecule has 2 heterocycles. The Kier molecular flexibility index (Phi) is 7.29. The molecule has 0 aliphatic heterocycles. The number of nitrogens with zero attached hydrogens (tertiary/aromatic N) is 2. The van der Waals surface area contributed by atoms with Crippen LogP contribution < -0.4 is 15.4 Å². The number of furan rings is 1. The maximum Gasteiger partial charge on any atom is 0.255 e. The molecule has 0 spiro atoms. The molecule has 3 N–H and O–H groups in total. The van der Waals surface area contributed by atoms with Crippen molar-refractivity contribution in [3.63, 3.8) is 0 Å². The van der Waals surface area contributed by atoms with Crippen molar-refractivity contribution in [3.05, 3.63) is 95.6 Å². The van der Waals surface area contributed by atoms with E-state index in [-0.39, 0.29) is 5.91 Å². The summed E-state index contributed by atoms with van der Waals surface area (Å²) in [6.07, 6.45) is 1.16. The predicted molar refractivity (Wildman–Crippen MR) is 175 cm³/mol. The van der Waals surface area contributed by atoms with Crippen LogP contribution in [-0.2, 0) is 16.6 Å². The van der Waals surface area contributed by atoms with Gasteiger partial charge in [0.05, 0.1) is 27.7 Å². The van der Waals surface area contributed by atoms with Crippen LogP contribution in [0.1, 0.15) is 21.5 Å². The molecular formula is C33H30N4O4S2. The topological polar surface area (TPSA) is 119 Å². The van der Waals surface area contributed by atoms with Gasteiger partial charge >= 0.3 is 0 Å². The van der Waals surface area contributed by atoms with E-state index in [9.17, 15) is 13.2 Å². The lowest BCUT2D eigenvalue weighted by Gasteiger charge is -2.21. The average molecular weight is 611 g/mol. The lowest BCUT2D eigenvalue weighted by Crippen LogP contribution is -2.25. The molecule has 0 bridgehead atoms. The monoisotopic (exact) mass is 610 g/mol. The Balaban J connectivity index is 1.58. The lowest BCUT2D eigenvalue weighted by atomic mass is 9.97. The van der Waals surface area contributed by atoms with Gasteiger partial charge in [0, 0.05) is 48.8 Å². The summed E-state index contributed by atoms with van der Waals surface area (Å²) in [5, 5.41) is 4.15. The van der Waals surface area contributed by atoms with Crippen molar-refractivity contribution in [2.45, 2.75) is 13.5 Å². The van der Waals surface area contributed by atoms with Gasteiger partial charge in [-0.3, -0.25) is 9.10 Å². The van der Waals surface area contributed by atoms with E-state index in [0.717, 1.165) is 49.3 Å². The zero-order valence-corrected chi connectivity index (χ0v) is 25.8. The second-order valence-corrected chi connectivity index (χ2v) is 13.5. The fraction of sp³-hybridized carbons (Fsp3) is 0.152. The number of carbonyl (C=O) groups excluding carboxylic acids is 1. The van der Waals surface area contributed by atoms with E-state index in [4.69, 9.17) is 15.1 Å². The Hall–Kier alpha value is -4.51. The fourth-order valence-corrected chi connectivity index (χ4v) is 6.63. The summed E-state index contributed by atoms with van der Waals surface area (Å²) in [6, 6.07) is 25.1. The molecule has 1 amide bonds. The number of fused-ring (bicyclic) bond motifs is 2. The van der Waals surface area contributed by atoms with E-state index in [2.05, 4.69) is 11.4 Å². The largest absolute Gasteiger partial charge is 0.455 e. The third-order valence-corrected chi connectivity index (χ3v) is 9.78. The van der Waals surface area contributed by atoms with Gasteiger partial charge in [-0.15, -0.1) is 11.3 Å². The number of hydrogen-bond acceptors (Lipinski definition) is 7. The highest BCUT2D eigenvalue weighted by Crippen LogP contribution is 2.42. The standard InChI is InChI=1S/C33H30N4O4S2/c1-19-8-11-21(12-9-19)31-30(32(38)35-2)25-16-24(27(17-28(25)41-31)37(3)43(4,39)40)22-6-5-7-23(15-22)33-36-26-13-10-20(18-34)14-29(26)42-33/h5-17H,18,34H2,1-4H3,(H,35,38). The first kappa shape index (κ1) is 28.6. The van der Waals surface area contributed by atoms with Crippen LogP contribution in [0.25, 0.3) is 54.2 Å². The summed E-state index contributed by atoms with van der Waals surface area (Å²) in [5.41, 5.74) is 13.1. The number of carbonyl (C=O) groups is 1. The summed E-state index contributed by atoms with van der Waals surface area (Å²) < 4.78 is 34.1. The van der Waals surface area contributed by atoms with Gasteiger partial charge in [0.25, 0.3) is 5.91 Å². The highest BCUT2D eigenvalue weighted by molar-refractivity contribution is 7.92. The maximum absolute atomic E-state index is 13.3. The van der Waals surface area contributed by atoms with E-state index in [1.54, 1.807) is 24.5 Å². The first-order valence-corrected chi connectivity index (χ1v) is 16.3. The molecule has 0 saturated carbocycles. The molecule has 0 saturated heterocycles. The molecule has 43 heavy (non-hydrogen) atoms. The maximum atomic E-state index is 13.3. The van der Waals surface area contributed by atoms with Gasteiger partial charge in [-0.05, 0) is 42.3 Å². The molecule has 0 radical (unpaired) electrons. The number of hydrogen-bond donors (Lipinski definition) is 2. The summed E-state index contributed by atoms with van der Waals surface area (Å²) >= 11 is 1.57. The SMILES string of the molecule is CNC(=O)c1c(-c2ccc(C)cc2)oc2cc(N(C)S(C)(=O)=O)c(-c3cccc(-c4nc5ccc(CN)cc5s4)c3)cc12. The van der Waals surface area contributed by atoms with Gasteiger partial charge < -0.3 is 15.5 Å². The number of nitrogens with two attached hydrogens (primary N) is 1. The summed E-state index contributed by atoms with van der Waals surface area (Å²) in [4.78, 5) is 18.1. The summed E-state index contributed by atoms with van der Waals surface area (Å²) in [5.74, 6) is 0.115. The Labute approximate surface area is 253 Å². The lowest BCUT2D eigenvalue weighted by molar-refractivity contribution is 0.0964. The number of nitrogens with one attached hydrogen (secondary N) is 1. The van der Waals surface area contributed by atoms with Gasteiger partial charge in [0.1, 0.15) is 16.4 Å². The molecule has 8 nitrogen and oxygen atoms in total. The van der Waals surface area contributed by atoms with Crippen LogP contribution in [0.3, 0.4) is 0 Å². The Morgan fingerprint density at radius 2 is 1.74 bits per heavy atom. The molecule has 0 aliphatic carbocycles. The number of rotatable bonds is 7. The van der Waals surface area contributed by atoms with E-state index in [0.29, 0.717) is 40.1 Å². The highest BCUT2D eigenvalue weighted by atomic mass is 32.2. The van der Waals surface area contributed by atoms with Gasteiger partial charge in [-0.25, -0.2) is 13.4 Å². The van der Waals surface area contributed by atoms with Crippen molar-refractivity contribution < 1.29 is 17.6 Å². The van der Waals surface area contributed by atoms with Gasteiger partial charge in [0.2, 0.25) is 10.0 Å². The van der Waals surface area contributed by atoms with Gasteiger partial charge in [-0.1, -0.05) is 54.1 Å². The summed E-state index contributed by atoms with van der Waals surface area (Å²) in [6.45, 7) is 2.44. The molecule has 4 aromatic carbocycles. The number of aryl methyl sites for hydroxylation is 1. The van der Waals surface area contributed by atoms with Crippen LogP contribution in [0.15, 0.2) is 83.3 Å². The molecule has 6 rings (SSSR count). The second-order valence-electron chi connectivity index (χ2n) is 10.5. The Morgan fingerprint density at radius 3 is 2.44 bits per heavy atom. The van der Waals surface area contributed by atoms with Crippen molar-refractivity contribution in [2.75, 3.05) is 24.7 Å². The highest BCUT2D eigenvalue weighted by Gasteiger charge is 2.26. The molecule has 0 unspecified atom stereocenters.